The Morgan fingerprint density at radius 1 is 1.18 bits per heavy atom. The van der Waals surface area contributed by atoms with E-state index < -0.39 is 0 Å². The molecule has 0 aromatic heterocycles. The first-order chi connectivity index (χ1) is 5.31. The summed E-state index contributed by atoms with van der Waals surface area (Å²) in [4.78, 5) is 0. The molecule has 1 heterocycles. The molecule has 1 saturated heterocycles. The summed E-state index contributed by atoms with van der Waals surface area (Å²) in [6.45, 7) is 0.569. The van der Waals surface area contributed by atoms with Gasteiger partial charge in [0.25, 0.3) is 0 Å². The molecule has 2 heteroatoms. The van der Waals surface area contributed by atoms with Crippen molar-refractivity contribution >= 4 is 0 Å². The summed E-state index contributed by atoms with van der Waals surface area (Å²) in [5.74, 6) is 0. The fraction of sp³-hybridized carbons (Fsp3) is 1.00. The van der Waals surface area contributed by atoms with E-state index in [1.165, 1.54) is 32.1 Å². The lowest BCUT2D eigenvalue weighted by Gasteiger charge is -2.32. The van der Waals surface area contributed by atoms with Gasteiger partial charge in [0.15, 0.2) is 0 Å². The smallest absolute Gasteiger partial charge is 0.0801 e. The van der Waals surface area contributed by atoms with E-state index in [-0.39, 0.29) is 11.7 Å². The van der Waals surface area contributed by atoms with E-state index in [0.29, 0.717) is 6.61 Å². The van der Waals surface area contributed by atoms with Gasteiger partial charge in [0, 0.05) is 6.42 Å². The van der Waals surface area contributed by atoms with Gasteiger partial charge in [-0.15, -0.1) is 0 Å². The summed E-state index contributed by atoms with van der Waals surface area (Å²) in [5.41, 5.74) is 0.0949. The van der Waals surface area contributed by atoms with Gasteiger partial charge < -0.3 is 9.84 Å². The molecule has 2 rings (SSSR count). The predicted molar refractivity (Wildman–Crippen MR) is 42.4 cm³/mol. The van der Waals surface area contributed by atoms with Gasteiger partial charge in [0.05, 0.1) is 18.3 Å². The Kier molecular flexibility index (Phi) is 1.90. The first-order valence-electron chi connectivity index (χ1n) is 4.63. The summed E-state index contributed by atoms with van der Waals surface area (Å²) >= 11 is 0. The molecule has 2 fully saturated rings. The Bertz CT molecular complexity index is 133. The number of hydrogen-bond acceptors (Lipinski definition) is 2. The zero-order chi connectivity index (χ0) is 7.73. The molecule has 2 aliphatic rings. The number of aliphatic hydroxyl groups is 1. The Balaban J connectivity index is 1.98. The van der Waals surface area contributed by atoms with Crippen molar-refractivity contribution in [3.63, 3.8) is 0 Å². The van der Waals surface area contributed by atoms with Crippen LogP contribution in [0.4, 0.5) is 0 Å². The van der Waals surface area contributed by atoms with Crippen molar-refractivity contribution in [2.24, 2.45) is 0 Å². The first-order valence-corrected chi connectivity index (χ1v) is 4.63. The summed E-state index contributed by atoms with van der Waals surface area (Å²) in [6.07, 6.45) is 6.95. The van der Waals surface area contributed by atoms with Crippen LogP contribution in [0.25, 0.3) is 0 Å². The molecule has 1 aliphatic heterocycles. The van der Waals surface area contributed by atoms with Gasteiger partial charge in [-0.1, -0.05) is 19.3 Å². The maximum absolute atomic E-state index is 9.32. The molecule has 64 valence electrons. The van der Waals surface area contributed by atoms with E-state index in [0.717, 1.165) is 6.42 Å². The van der Waals surface area contributed by atoms with Crippen molar-refractivity contribution in [3.05, 3.63) is 0 Å². The largest absolute Gasteiger partial charge is 0.391 e. The van der Waals surface area contributed by atoms with Gasteiger partial charge in [-0.25, -0.2) is 0 Å². The van der Waals surface area contributed by atoms with Gasteiger partial charge in [0.1, 0.15) is 0 Å². The number of ether oxygens (including phenoxy) is 1. The Hall–Kier alpha value is -0.0800. The molecular formula is C9H16O2. The lowest BCUT2D eigenvalue weighted by atomic mass is 9.82. The van der Waals surface area contributed by atoms with Crippen molar-refractivity contribution in [1.82, 2.24) is 0 Å². The summed E-state index contributed by atoms with van der Waals surface area (Å²) in [7, 11) is 0. The molecule has 1 N–H and O–H groups in total. The van der Waals surface area contributed by atoms with E-state index >= 15 is 0 Å². The molecule has 11 heavy (non-hydrogen) atoms. The highest BCUT2D eigenvalue weighted by atomic mass is 16.5. The average Bonchev–Trinajstić information content (AvgIpc) is 2.34. The molecule has 1 aliphatic carbocycles. The molecule has 0 amide bonds. The van der Waals surface area contributed by atoms with E-state index in [9.17, 15) is 5.11 Å². The predicted octanol–water partition coefficient (Wildman–Crippen LogP) is 1.47. The summed E-state index contributed by atoms with van der Waals surface area (Å²) in [6, 6.07) is 0. The highest BCUT2D eigenvalue weighted by Crippen LogP contribution is 2.39. The van der Waals surface area contributed by atoms with E-state index in [4.69, 9.17) is 4.74 Å². The fourth-order valence-electron chi connectivity index (χ4n) is 2.36. The maximum Gasteiger partial charge on any atom is 0.0801 e. The maximum atomic E-state index is 9.32. The van der Waals surface area contributed by atoms with Crippen LogP contribution in [-0.4, -0.2) is 23.4 Å². The van der Waals surface area contributed by atoms with E-state index in [1.807, 2.05) is 0 Å². The van der Waals surface area contributed by atoms with Crippen LogP contribution < -0.4 is 0 Å². The van der Waals surface area contributed by atoms with Gasteiger partial charge in [-0.3, -0.25) is 0 Å². The number of rotatable bonds is 0. The van der Waals surface area contributed by atoms with Crippen molar-refractivity contribution in [2.75, 3.05) is 6.61 Å². The standard InChI is InChI=1S/C9H16O2/c10-8-6-9(11-7-8)4-2-1-3-5-9/h8,10H,1-7H2. The van der Waals surface area contributed by atoms with Crippen molar-refractivity contribution in [2.45, 2.75) is 50.2 Å². The lowest BCUT2D eigenvalue weighted by molar-refractivity contribution is -0.0259. The quantitative estimate of drug-likeness (QED) is 0.575. The number of aliphatic hydroxyl groups excluding tert-OH is 1. The van der Waals surface area contributed by atoms with Gasteiger partial charge >= 0.3 is 0 Å². The van der Waals surface area contributed by atoms with Crippen LogP contribution in [-0.2, 0) is 4.74 Å². The normalized spacial score (nSPS) is 36.3. The van der Waals surface area contributed by atoms with Crippen molar-refractivity contribution < 1.29 is 9.84 Å². The minimum absolute atomic E-state index is 0.0949. The molecule has 0 aromatic carbocycles. The third-order valence-corrected chi connectivity index (χ3v) is 2.95. The van der Waals surface area contributed by atoms with Gasteiger partial charge in [0.2, 0.25) is 0 Å². The molecule has 0 radical (unpaired) electrons. The third-order valence-electron chi connectivity index (χ3n) is 2.95. The van der Waals surface area contributed by atoms with Crippen LogP contribution in [0, 0.1) is 0 Å². The summed E-state index contributed by atoms with van der Waals surface area (Å²) in [5, 5.41) is 9.32. The topological polar surface area (TPSA) is 29.5 Å². The van der Waals surface area contributed by atoms with Gasteiger partial charge in [-0.2, -0.15) is 0 Å². The average molecular weight is 156 g/mol. The highest BCUT2D eigenvalue weighted by Gasteiger charge is 2.40. The van der Waals surface area contributed by atoms with Crippen LogP contribution in [0.5, 0.6) is 0 Å². The van der Waals surface area contributed by atoms with Crippen LogP contribution in [0.2, 0.25) is 0 Å². The minimum atomic E-state index is -0.187. The second-order valence-corrected chi connectivity index (χ2v) is 3.91. The monoisotopic (exact) mass is 156 g/mol. The van der Waals surface area contributed by atoms with Crippen LogP contribution in [0.1, 0.15) is 38.5 Å². The first kappa shape index (κ1) is 7.56. The molecule has 0 bridgehead atoms. The molecule has 1 atom stereocenters. The zero-order valence-electron chi connectivity index (χ0n) is 6.88. The Labute approximate surface area is 67.6 Å². The third kappa shape index (κ3) is 1.42. The Morgan fingerprint density at radius 3 is 2.45 bits per heavy atom. The van der Waals surface area contributed by atoms with Crippen LogP contribution >= 0.6 is 0 Å². The van der Waals surface area contributed by atoms with Crippen molar-refractivity contribution in [3.8, 4) is 0 Å². The lowest BCUT2D eigenvalue weighted by Crippen LogP contribution is -2.30. The molecule has 2 nitrogen and oxygen atoms in total. The molecule has 0 aromatic rings. The van der Waals surface area contributed by atoms with E-state index in [1.54, 1.807) is 0 Å². The van der Waals surface area contributed by atoms with E-state index in [2.05, 4.69) is 0 Å². The molecule has 1 saturated carbocycles. The SMILES string of the molecule is OC1COC2(CCCCC2)C1. The minimum Gasteiger partial charge on any atom is -0.391 e. The number of hydrogen-bond donors (Lipinski definition) is 1. The van der Waals surface area contributed by atoms with Gasteiger partial charge in [-0.05, 0) is 12.8 Å². The second-order valence-electron chi connectivity index (χ2n) is 3.91. The molecular weight excluding hydrogens is 140 g/mol. The fourth-order valence-corrected chi connectivity index (χ4v) is 2.36. The Morgan fingerprint density at radius 2 is 1.91 bits per heavy atom. The second kappa shape index (κ2) is 2.76. The highest BCUT2D eigenvalue weighted by molar-refractivity contribution is 4.91. The molecule has 1 spiro atoms. The summed E-state index contributed by atoms with van der Waals surface area (Å²) < 4.78 is 5.64. The zero-order valence-corrected chi connectivity index (χ0v) is 6.88. The van der Waals surface area contributed by atoms with Crippen LogP contribution in [0.3, 0.4) is 0 Å². The van der Waals surface area contributed by atoms with Crippen LogP contribution in [0.15, 0.2) is 0 Å². The molecule has 1 unspecified atom stereocenters. The van der Waals surface area contributed by atoms with Crippen molar-refractivity contribution in [1.29, 1.82) is 0 Å².